The van der Waals surface area contributed by atoms with Crippen molar-refractivity contribution in [3.05, 3.63) is 35.4 Å². The fraction of sp³-hybridized carbons (Fsp3) is 0.533. The quantitative estimate of drug-likeness (QED) is 0.791. The molecular formula is C15H24N2O2. The Balaban J connectivity index is 2.64. The molecule has 1 atom stereocenters. The standard InChI is InChI=1S/C15H24N2O2/c1-4-19-10-14(11(2)3)17-15(18)13-7-5-12(9-16)6-8-13/h5-8,11,14H,4,9-10,16H2,1-3H3,(H,17,18). The molecule has 0 heterocycles. The zero-order chi connectivity index (χ0) is 14.3. The summed E-state index contributed by atoms with van der Waals surface area (Å²) in [5.41, 5.74) is 7.21. The van der Waals surface area contributed by atoms with E-state index in [2.05, 4.69) is 19.2 Å². The summed E-state index contributed by atoms with van der Waals surface area (Å²) in [5.74, 6) is 0.265. The van der Waals surface area contributed by atoms with E-state index in [1.54, 1.807) is 12.1 Å². The predicted octanol–water partition coefficient (Wildman–Crippen LogP) is 1.94. The van der Waals surface area contributed by atoms with Crippen LogP contribution >= 0.6 is 0 Å². The van der Waals surface area contributed by atoms with E-state index in [1.165, 1.54) is 0 Å². The third-order valence-electron chi connectivity index (χ3n) is 3.07. The highest BCUT2D eigenvalue weighted by molar-refractivity contribution is 5.94. The van der Waals surface area contributed by atoms with Crippen LogP contribution in [0.1, 0.15) is 36.7 Å². The molecule has 0 aliphatic rings. The summed E-state index contributed by atoms with van der Waals surface area (Å²) < 4.78 is 5.40. The van der Waals surface area contributed by atoms with Crippen molar-refractivity contribution in [2.45, 2.75) is 33.4 Å². The maximum absolute atomic E-state index is 12.1. The summed E-state index contributed by atoms with van der Waals surface area (Å²) in [6.45, 7) is 7.78. The molecule has 0 saturated carbocycles. The molecule has 0 saturated heterocycles. The Bertz CT molecular complexity index is 388. The largest absolute Gasteiger partial charge is 0.380 e. The van der Waals surface area contributed by atoms with Gasteiger partial charge in [-0.15, -0.1) is 0 Å². The van der Waals surface area contributed by atoms with Crippen molar-refractivity contribution in [1.29, 1.82) is 0 Å². The van der Waals surface area contributed by atoms with Crippen LogP contribution in [-0.4, -0.2) is 25.2 Å². The van der Waals surface area contributed by atoms with Gasteiger partial charge >= 0.3 is 0 Å². The van der Waals surface area contributed by atoms with E-state index in [4.69, 9.17) is 10.5 Å². The number of carbonyl (C=O) groups is 1. The molecule has 0 radical (unpaired) electrons. The predicted molar refractivity (Wildman–Crippen MR) is 76.9 cm³/mol. The number of hydrogen-bond acceptors (Lipinski definition) is 3. The van der Waals surface area contributed by atoms with Gasteiger partial charge in [0.2, 0.25) is 0 Å². The number of rotatable bonds is 7. The average molecular weight is 264 g/mol. The third kappa shape index (κ3) is 5.01. The fourth-order valence-electron chi connectivity index (χ4n) is 1.69. The lowest BCUT2D eigenvalue weighted by Gasteiger charge is -2.22. The highest BCUT2D eigenvalue weighted by atomic mass is 16.5. The van der Waals surface area contributed by atoms with Crippen molar-refractivity contribution in [3.8, 4) is 0 Å². The Morgan fingerprint density at radius 2 is 1.95 bits per heavy atom. The SMILES string of the molecule is CCOCC(NC(=O)c1ccc(CN)cc1)C(C)C. The maximum Gasteiger partial charge on any atom is 0.251 e. The molecule has 4 heteroatoms. The van der Waals surface area contributed by atoms with Crippen molar-refractivity contribution in [2.24, 2.45) is 11.7 Å². The van der Waals surface area contributed by atoms with Gasteiger partial charge in [-0.05, 0) is 30.5 Å². The molecule has 3 N–H and O–H groups in total. The number of ether oxygens (including phenoxy) is 1. The van der Waals surface area contributed by atoms with E-state index in [-0.39, 0.29) is 11.9 Å². The van der Waals surface area contributed by atoms with Gasteiger partial charge in [-0.3, -0.25) is 4.79 Å². The van der Waals surface area contributed by atoms with Crippen LogP contribution in [-0.2, 0) is 11.3 Å². The monoisotopic (exact) mass is 264 g/mol. The van der Waals surface area contributed by atoms with E-state index in [0.717, 1.165) is 5.56 Å². The van der Waals surface area contributed by atoms with E-state index < -0.39 is 0 Å². The fourth-order valence-corrected chi connectivity index (χ4v) is 1.69. The molecule has 0 bridgehead atoms. The first-order valence-electron chi connectivity index (χ1n) is 6.76. The summed E-state index contributed by atoms with van der Waals surface area (Å²) in [4.78, 5) is 12.1. The lowest BCUT2D eigenvalue weighted by atomic mass is 10.0. The van der Waals surface area contributed by atoms with Gasteiger partial charge in [0, 0.05) is 18.7 Å². The molecule has 0 aliphatic carbocycles. The van der Waals surface area contributed by atoms with Gasteiger partial charge in [-0.2, -0.15) is 0 Å². The first kappa shape index (κ1) is 15.7. The second kappa shape index (κ2) is 7.92. The van der Waals surface area contributed by atoms with Crippen LogP contribution in [0.15, 0.2) is 24.3 Å². The van der Waals surface area contributed by atoms with Crippen molar-refractivity contribution in [1.82, 2.24) is 5.32 Å². The Hall–Kier alpha value is -1.39. The van der Waals surface area contributed by atoms with Crippen molar-refractivity contribution < 1.29 is 9.53 Å². The molecule has 4 nitrogen and oxygen atoms in total. The number of nitrogens with one attached hydrogen (secondary N) is 1. The molecular weight excluding hydrogens is 240 g/mol. The van der Waals surface area contributed by atoms with Crippen LogP contribution in [0.2, 0.25) is 0 Å². The van der Waals surface area contributed by atoms with Crippen LogP contribution in [0, 0.1) is 5.92 Å². The van der Waals surface area contributed by atoms with E-state index in [1.807, 2.05) is 19.1 Å². The van der Waals surface area contributed by atoms with Gasteiger partial charge in [0.1, 0.15) is 0 Å². The molecule has 1 aromatic carbocycles. The highest BCUT2D eigenvalue weighted by Crippen LogP contribution is 2.07. The smallest absolute Gasteiger partial charge is 0.251 e. The zero-order valence-corrected chi connectivity index (χ0v) is 12.0. The van der Waals surface area contributed by atoms with Gasteiger partial charge in [-0.25, -0.2) is 0 Å². The van der Waals surface area contributed by atoms with E-state index in [0.29, 0.717) is 31.2 Å². The lowest BCUT2D eigenvalue weighted by molar-refractivity contribution is 0.0806. The lowest BCUT2D eigenvalue weighted by Crippen LogP contribution is -2.41. The maximum atomic E-state index is 12.1. The average Bonchev–Trinajstić information content (AvgIpc) is 2.43. The topological polar surface area (TPSA) is 64.3 Å². The molecule has 0 aliphatic heterocycles. The van der Waals surface area contributed by atoms with Gasteiger partial charge in [0.15, 0.2) is 0 Å². The second-order valence-corrected chi connectivity index (χ2v) is 4.88. The molecule has 19 heavy (non-hydrogen) atoms. The second-order valence-electron chi connectivity index (χ2n) is 4.88. The molecule has 0 aromatic heterocycles. The van der Waals surface area contributed by atoms with Gasteiger partial charge < -0.3 is 15.8 Å². The Morgan fingerprint density at radius 1 is 1.32 bits per heavy atom. The highest BCUT2D eigenvalue weighted by Gasteiger charge is 2.17. The third-order valence-corrected chi connectivity index (χ3v) is 3.07. The molecule has 1 aromatic rings. The number of benzene rings is 1. The van der Waals surface area contributed by atoms with Crippen LogP contribution in [0.4, 0.5) is 0 Å². The number of amides is 1. The summed E-state index contributed by atoms with van der Waals surface area (Å²) in [6, 6.07) is 7.39. The molecule has 0 spiro atoms. The summed E-state index contributed by atoms with van der Waals surface area (Å²) in [5, 5.41) is 3.01. The van der Waals surface area contributed by atoms with Crippen LogP contribution in [0.5, 0.6) is 0 Å². The molecule has 1 rings (SSSR count). The number of nitrogens with two attached hydrogens (primary N) is 1. The van der Waals surface area contributed by atoms with Gasteiger partial charge in [0.25, 0.3) is 5.91 Å². The first-order chi connectivity index (χ1) is 9.08. The number of hydrogen-bond donors (Lipinski definition) is 2. The summed E-state index contributed by atoms with van der Waals surface area (Å²) >= 11 is 0. The molecule has 0 fully saturated rings. The molecule has 1 unspecified atom stereocenters. The minimum atomic E-state index is -0.0676. The summed E-state index contributed by atoms with van der Waals surface area (Å²) in [6.07, 6.45) is 0. The Labute approximate surface area is 115 Å². The summed E-state index contributed by atoms with van der Waals surface area (Å²) in [7, 11) is 0. The number of carbonyl (C=O) groups excluding carboxylic acids is 1. The Morgan fingerprint density at radius 3 is 2.42 bits per heavy atom. The first-order valence-corrected chi connectivity index (χ1v) is 6.76. The van der Waals surface area contributed by atoms with Gasteiger partial charge in [-0.1, -0.05) is 26.0 Å². The molecule has 1 amide bonds. The van der Waals surface area contributed by atoms with Crippen LogP contribution in [0.25, 0.3) is 0 Å². The Kier molecular flexibility index (Phi) is 6.53. The molecule has 106 valence electrons. The van der Waals surface area contributed by atoms with Crippen molar-refractivity contribution >= 4 is 5.91 Å². The van der Waals surface area contributed by atoms with Crippen LogP contribution in [0.3, 0.4) is 0 Å². The van der Waals surface area contributed by atoms with Crippen LogP contribution < -0.4 is 11.1 Å². The van der Waals surface area contributed by atoms with E-state index in [9.17, 15) is 4.79 Å². The minimum absolute atomic E-state index is 0.0293. The van der Waals surface area contributed by atoms with Crippen molar-refractivity contribution in [2.75, 3.05) is 13.2 Å². The van der Waals surface area contributed by atoms with Crippen molar-refractivity contribution in [3.63, 3.8) is 0 Å². The van der Waals surface area contributed by atoms with Gasteiger partial charge in [0.05, 0.1) is 12.6 Å². The normalized spacial score (nSPS) is 12.5. The zero-order valence-electron chi connectivity index (χ0n) is 12.0. The minimum Gasteiger partial charge on any atom is -0.380 e. The van der Waals surface area contributed by atoms with E-state index >= 15 is 0 Å².